The first-order valence-corrected chi connectivity index (χ1v) is 5.79. The highest BCUT2D eigenvalue weighted by molar-refractivity contribution is 5.90. The average molecular weight is 258 g/mol. The molecule has 0 atom stereocenters. The van der Waals surface area contributed by atoms with Gasteiger partial charge in [-0.25, -0.2) is 4.79 Å². The SMILES string of the molecule is COC(=O)c1cccnc1COc1cccnc1C. The molecular formula is C14H14N2O3. The summed E-state index contributed by atoms with van der Waals surface area (Å²) in [6.07, 6.45) is 3.31. The van der Waals surface area contributed by atoms with Gasteiger partial charge in [0.25, 0.3) is 0 Å². The predicted molar refractivity (Wildman–Crippen MR) is 68.9 cm³/mol. The molecule has 0 saturated carbocycles. The van der Waals surface area contributed by atoms with Crippen molar-refractivity contribution in [3.8, 4) is 5.75 Å². The number of hydrogen-bond donors (Lipinski definition) is 0. The molecule has 0 aliphatic heterocycles. The molecule has 5 heteroatoms. The van der Waals surface area contributed by atoms with Crippen molar-refractivity contribution in [1.82, 2.24) is 9.97 Å². The summed E-state index contributed by atoms with van der Waals surface area (Å²) in [4.78, 5) is 19.9. The summed E-state index contributed by atoms with van der Waals surface area (Å²) in [5.74, 6) is 0.249. The Bertz CT molecular complexity index is 584. The van der Waals surface area contributed by atoms with E-state index < -0.39 is 5.97 Å². The largest absolute Gasteiger partial charge is 0.485 e. The molecular weight excluding hydrogens is 244 g/mol. The first-order chi connectivity index (χ1) is 9.22. The molecule has 98 valence electrons. The molecule has 5 nitrogen and oxygen atoms in total. The Balaban J connectivity index is 2.16. The van der Waals surface area contributed by atoms with Gasteiger partial charge in [0.1, 0.15) is 12.4 Å². The minimum atomic E-state index is -0.422. The molecule has 19 heavy (non-hydrogen) atoms. The van der Waals surface area contributed by atoms with E-state index in [1.54, 1.807) is 30.6 Å². The average Bonchev–Trinajstić information content (AvgIpc) is 2.46. The van der Waals surface area contributed by atoms with Gasteiger partial charge in [-0.1, -0.05) is 0 Å². The standard InChI is InChI=1S/C14H14N2O3/c1-10-13(6-4-7-15-10)19-9-12-11(14(17)18-2)5-3-8-16-12/h3-8H,9H2,1-2H3. The third-order valence-corrected chi connectivity index (χ3v) is 2.62. The van der Waals surface area contributed by atoms with E-state index in [1.165, 1.54) is 7.11 Å². The number of carbonyl (C=O) groups excluding carboxylic acids is 1. The quantitative estimate of drug-likeness (QED) is 0.786. The van der Waals surface area contributed by atoms with E-state index in [0.717, 1.165) is 5.69 Å². The van der Waals surface area contributed by atoms with Crippen molar-refractivity contribution in [1.29, 1.82) is 0 Å². The molecule has 2 heterocycles. The monoisotopic (exact) mass is 258 g/mol. The van der Waals surface area contributed by atoms with Crippen molar-refractivity contribution in [2.45, 2.75) is 13.5 Å². The van der Waals surface area contributed by atoms with Crippen LogP contribution in [0.1, 0.15) is 21.7 Å². The lowest BCUT2D eigenvalue weighted by Crippen LogP contribution is -2.10. The summed E-state index contributed by atoms with van der Waals surface area (Å²) in [6.45, 7) is 2.05. The van der Waals surface area contributed by atoms with Gasteiger partial charge < -0.3 is 9.47 Å². The fraction of sp³-hybridized carbons (Fsp3) is 0.214. The van der Waals surface area contributed by atoms with Crippen molar-refractivity contribution in [2.24, 2.45) is 0 Å². The fourth-order valence-corrected chi connectivity index (χ4v) is 1.62. The number of esters is 1. The molecule has 0 radical (unpaired) electrons. The third-order valence-electron chi connectivity index (χ3n) is 2.62. The van der Waals surface area contributed by atoms with Crippen LogP contribution in [-0.4, -0.2) is 23.0 Å². The van der Waals surface area contributed by atoms with Crippen molar-refractivity contribution in [3.05, 3.63) is 53.6 Å². The van der Waals surface area contributed by atoms with Crippen LogP contribution >= 0.6 is 0 Å². The fourth-order valence-electron chi connectivity index (χ4n) is 1.62. The van der Waals surface area contributed by atoms with Crippen LogP contribution < -0.4 is 4.74 Å². The van der Waals surface area contributed by atoms with Crippen LogP contribution in [0.4, 0.5) is 0 Å². The minimum absolute atomic E-state index is 0.192. The molecule has 0 aromatic carbocycles. The van der Waals surface area contributed by atoms with E-state index in [9.17, 15) is 4.79 Å². The van der Waals surface area contributed by atoms with Crippen LogP contribution in [0.15, 0.2) is 36.7 Å². The predicted octanol–water partition coefficient (Wildman–Crippen LogP) is 2.15. The zero-order valence-electron chi connectivity index (χ0n) is 10.8. The van der Waals surface area contributed by atoms with Crippen molar-refractivity contribution >= 4 is 5.97 Å². The molecule has 2 aromatic heterocycles. The summed E-state index contributed by atoms with van der Waals surface area (Å²) < 4.78 is 10.3. The first-order valence-electron chi connectivity index (χ1n) is 5.79. The molecule has 0 aliphatic rings. The van der Waals surface area contributed by atoms with E-state index in [4.69, 9.17) is 9.47 Å². The maximum absolute atomic E-state index is 11.6. The lowest BCUT2D eigenvalue weighted by molar-refractivity contribution is 0.0597. The van der Waals surface area contributed by atoms with Crippen LogP contribution in [0.5, 0.6) is 5.75 Å². The molecule has 0 aliphatic carbocycles. The summed E-state index contributed by atoms with van der Waals surface area (Å²) in [5, 5.41) is 0. The smallest absolute Gasteiger partial charge is 0.339 e. The molecule has 0 N–H and O–H groups in total. The van der Waals surface area contributed by atoms with Crippen LogP contribution in [-0.2, 0) is 11.3 Å². The maximum atomic E-state index is 11.6. The Labute approximate surface area is 111 Å². The van der Waals surface area contributed by atoms with Gasteiger partial charge in [-0.3, -0.25) is 9.97 Å². The maximum Gasteiger partial charge on any atom is 0.339 e. The second-order valence-electron chi connectivity index (χ2n) is 3.86. The molecule has 2 rings (SSSR count). The van der Waals surface area contributed by atoms with Gasteiger partial charge in [0.05, 0.1) is 24.1 Å². The summed E-state index contributed by atoms with van der Waals surface area (Å²) in [7, 11) is 1.34. The lowest BCUT2D eigenvalue weighted by atomic mass is 10.2. The number of nitrogens with zero attached hydrogens (tertiary/aromatic N) is 2. The Kier molecular flexibility index (Phi) is 4.07. The summed E-state index contributed by atoms with van der Waals surface area (Å²) >= 11 is 0. The minimum Gasteiger partial charge on any atom is -0.485 e. The van der Waals surface area contributed by atoms with Gasteiger partial charge in [-0.15, -0.1) is 0 Å². The lowest BCUT2D eigenvalue weighted by Gasteiger charge is -2.10. The molecule has 0 amide bonds. The van der Waals surface area contributed by atoms with Crippen LogP contribution in [0.2, 0.25) is 0 Å². The van der Waals surface area contributed by atoms with E-state index in [2.05, 4.69) is 9.97 Å². The Morgan fingerprint density at radius 3 is 2.68 bits per heavy atom. The second-order valence-corrected chi connectivity index (χ2v) is 3.86. The molecule has 2 aromatic rings. The van der Waals surface area contributed by atoms with Gasteiger partial charge in [0.2, 0.25) is 0 Å². The highest BCUT2D eigenvalue weighted by Crippen LogP contribution is 2.16. The van der Waals surface area contributed by atoms with Crippen molar-refractivity contribution in [2.75, 3.05) is 7.11 Å². The number of methoxy groups -OCH3 is 1. The van der Waals surface area contributed by atoms with Crippen LogP contribution in [0, 0.1) is 6.92 Å². The van der Waals surface area contributed by atoms with Crippen LogP contribution in [0.25, 0.3) is 0 Å². The van der Waals surface area contributed by atoms with Gasteiger partial charge >= 0.3 is 5.97 Å². The number of rotatable bonds is 4. The first kappa shape index (κ1) is 13.0. The molecule has 0 bridgehead atoms. The number of hydrogen-bond acceptors (Lipinski definition) is 5. The Morgan fingerprint density at radius 2 is 1.95 bits per heavy atom. The molecule has 0 saturated heterocycles. The highest BCUT2D eigenvalue weighted by Gasteiger charge is 2.13. The van der Waals surface area contributed by atoms with E-state index in [1.807, 2.05) is 13.0 Å². The number of aromatic nitrogens is 2. The van der Waals surface area contributed by atoms with E-state index in [0.29, 0.717) is 17.0 Å². The van der Waals surface area contributed by atoms with Crippen LogP contribution in [0.3, 0.4) is 0 Å². The zero-order valence-corrected chi connectivity index (χ0v) is 10.8. The van der Waals surface area contributed by atoms with Gasteiger partial charge in [-0.05, 0) is 31.2 Å². The zero-order chi connectivity index (χ0) is 13.7. The second kappa shape index (κ2) is 5.95. The third kappa shape index (κ3) is 3.07. The highest BCUT2D eigenvalue weighted by atomic mass is 16.5. The van der Waals surface area contributed by atoms with Crippen molar-refractivity contribution < 1.29 is 14.3 Å². The van der Waals surface area contributed by atoms with E-state index in [-0.39, 0.29) is 6.61 Å². The number of pyridine rings is 2. The summed E-state index contributed by atoms with van der Waals surface area (Å²) in [5.41, 5.74) is 1.74. The number of ether oxygens (including phenoxy) is 2. The normalized spacial score (nSPS) is 10.0. The van der Waals surface area contributed by atoms with E-state index >= 15 is 0 Å². The van der Waals surface area contributed by atoms with Crippen molar-refractivity contribution in [3.63, 3.8) is 0 Å². The summed E-state index contributed by atoms with van der Waals surface area (Å²) in [6, 6.07) is 6.96. The molecule has 0 spiro atoms. The molecule has 0 unspecified atom stereocenters. The Hall–Kier alpha value is -2.43. The Morgan fingerprint density at radius 1 is 1.21 bits per heavy atom. The topological polar surface area (TPSA) is 61.3 Å². The number of carbonyl (C=O) groups is 1. The van der Waals surface area contributed by atoms with Gasteiger partial charge in [0.15, 0.2) is 0 Å². The van der Waals surface area contributed by atoms with Gasteiger partial charge in [-0.2, -0.15) is 0 Å². The van der Waals surface area contributed by atoms with Gasteiger partial charge in [0, 0.05) is 12.4 Å². The number of aryl methyl sites for hydroxylation is 1. The molecule has 0 fully saturated rings.